The van der Waals surface area contributed by atoms with Crippen molar-refractivity contribution in [2.75, 3.05) is 0 Å². The van der Waals surface area contributed by atoms with Crippen LogP contribution in [0.5, 0.6) is 0 Å². The topological polar surface area (TPSA) is 43.6 Å². The third-order valence-corrected chi connectivity index (χ3v) is 2.68. The first kappa shape index (κ1) is 11.1. The van der Waals surface area contributed by atoms with E-state index >= 15 is 0 Å². The minimum absolute atomic E-state index is 0.00236. The fourth-order valence-electron chi connectivity index (χ4n) is 1.29. The summed E-state index contributed by atoms with van der Waals surface area (Å²) in [6.45, 7) is 1.83. The lowest BCUT2D eigenvalue weighted by molar-refractivity contribution is 0.576. The third-order valence-electron chi connectivity index (χ3n) is 2.07. The van der Waals surface area contributed by atoms with Crippen molar-refractivity contribution in [3.63, 3.8) is 0 Å². The third kappa shape index (κ3) is 1.82. The summed E-state index contributed by atoms with van der Waals surface area (Å²) in [4.78, 5) is 0. The molecule has 0 aliphatic carbocycles. The van der Waals surface area contributed by atoms with Crippen molar-refractivity contribution in [1.29, 1.82) is 0 Å². The summed E-state index contributed by atoms with van der Waals surface area (Å²) in [5.74, 6) is -0.676. The molecule has 0 aliphatic heterocycles. The van der Waals surface area contributed by atoms with Crippen LogP contribution in [0, 0.1) is 11.6 Å². The van der Waals surface area contributed by atoms with E-state index in [4.69, 9.17) is 0 Å². The molecule has 0 spiro atoms. The second kappa shape index (κ2) is 4.25. The number of tetrazole rings is 1. The molecule has 0 bridgehead atoms. The van der Waals surface area contributed by atoms with Crippen LogP contribution in [0.3, 0.4) is 0 Å². The largest absolute Gasteiger partial charge is 0.206 e. The Kier molecular flexibility index (Phi) is 2.95. The fraction of sp³-hybridized carbons (Fsp3) is 0.222. The number of hydrogen-bond acceptors (Lipinski definition) is 3. The van der Waals surface area contributed by atoms with Gasteiger partial charge in [0.2, 0.25) is 0 Å². The van der Waals surface area contributed by atoms with E-state index in [0.29, 0.717) is 12.2 Å². The Balaban J connectivity index is 2.60. The van der Waals surface area contributed by atoms with Gasteiger partial charge in [-0.2, -0.15) is 4.68 Å². The van der Waals surface area contributed by atoms with Gasteiger partial charge in [0.1, 0.15) is 17.3 Å². The number of nitrogens with zero attached hydrogens (tertiary/aromatic N) is 4. The Morgan fingerprint density at radius 1 is 1.31 bits per heavy atom. The molecule has 0 atom stereocenters. The monoisotopic (exact) mass is 288 g/mol. The van der Waals surface area contributed by atoms with E-state index in [9.17, 15) is 8.78 Å². The minimum Gasteiger partial charge on any atom is -0.206 e. The van der Waals surface area contributed by atoms with E-state index in [1.54, 1.807) is 0 Å². The predicted molar refractivity (Wildman–Crippen MR) is 56.1 cm³/mol. The molecule has 1 aromatic heterocycles. The molecule has 0 amide bonds. The molecular formula is C9H7BrF2N4. The Hall–Kier alpha value is -1.37. The van der Waals surface area contributed by atoms with Crippen molar-refractivity contribution in [3.05, 3.63) is 34.1 Å². The first-order valence-electron chi connectivity index (χ1n) is 4.55. The van der Waals surface area contributed by atoms with Crippen molar-refractivity contribution >= 4 is 15.9 Å². The molecule has 4 nitrogen and oxygen atoms in total. The van der Waals surface area contributed by atoms with Gasteiger partial charge in [0.25, 0.3) is 0 Å². The summed E-state index contributed by atoms with van der Waals surface area (Å²) >= 11 is 2.90. The molecule has 0 N–H and O–H groups in total. The maximum Gasteiger partial charge on any atom is 0.156 e. The summed E-state index contributed by atoms with van der Waals surface area (Å²) in [7, 11) is 0. The lowest BCUT2D eigenvalue weighted by atomic mass is 10.3. The van der Waals surface area contributed by atoms with Crippen LogP contribution >= 0.6 is 15.9 Å². The zero-order valence-electron chi connectivity index (χ0n) is 8.28. The highest BCUT2D eigenvalue weighted by Gasteiger charge is 2.14. The molecule has 84 valence electrons. The van der Waals surface area contributed by atoms with E-state index in [1.165, 1.54) is 4.68 Å². The second-order valence-electron chi connectivity index (χ2n) is 3.08. The summed E-state index contributed by atoms with van der Waals surface area (Å²) in [5.41, 5.74) is 0.00236. The van der Waals surface area contributed by atoms with Crippen LogP contribution in [0.4, 0.5) is 8.78 Å². The summed E-state index contributed by atoms with van der Waals surface area (Å²) in [5, 5.41) is 10.8. The predicted octanol–water partition coefficient (Wildman–Crippen LogP) is 2.27. The first-order chi connectivity index (χ1) is 7.63. The minimum atomic E-state index is -0.588. The molecule has 2 rings (SSSR count). The number of aryl methyl sites for hydroxylation is 1. The molecule has 0 fully saturated rings. The van der Waals surface area contributed by atoms with Crippen LogP contribution in [-0.4, -0.2) is 20.2 Å². The quantitative estimate of drug-likeness (QED) is 0.796. The standard InChI is InChI=1S/C9H7BrF2N4/c1-2-9-13-14-15-16(9)8-4-6(11)5(10)3-7(8)12/h3-4H,2H2,1H3. The number of halogens is 3. The lowest BCUT2D eigenvalue weighted by Gasteiger charge is -2.05. The fourth-order valence-corrected chi connectivity index (χ4v) is 1.60. The van der Waals surface area contributed by atoms with Gasteiger partial charge in [-0.05, 0) is 32.4 Å². The number of aromatic nitrogens is 4. The molecule has 0 saturated heterocycles. The molecule has 0 saturated carbocycles. The Bertz CT molecular complexity index is 526. The van der Waals surface area contributed by atoms with Crippen molar-refractivity contribution in [3.8, 4) is 5.69 Å². The van der Waals surface area contributed by atoms with Gasteiger partial charge in [0.05, 0.1) is 4.47 Å². The van der Waals surface area contributed by atoms with E-state index in [0.717, 1.165) is 12.1 Å². The number of rotatable bonds is 2. The average molecular weight is 289 g/mol. The molecule has 0 unspecified atom stereocenters. The van der Waals surface area contributed by atoms with E-state index in [-0.39, 0.29) is 10.2 Å². The van der Waals surface area contributed by atoms with Gasteiger partial charge < -0.3 is 0 Å². The van der Waals surface area contributed by atoms with Crippen LogP contribution in [0.2, 0.25) is 0 Å². The van der Waals surface area contributed by atoms with Crippen LogP contribution < -0.4 is 0 Å². The van der Waals surface area contributed by atoms with Crippen molar-refractivity contribution < 1.29 is 8.78 Å². The van der Waals surface area contributed by atoms with Crippen molar-refractivity contribution in [2.24, 2.45) is 0 Å². The molecule has 16 heavy (non-hydrogen) atoms. The van der Waals surface area contributed by atoms with E-state index in [2.05, 4.69) is 31.5 Å². The highest BCUT2D eigenvalue weighted by atomic mass is 79.9. The van der Waals surface area contributed by atoms with Crippen molar-refractivity contribution in [1.82, 2.24) is 20.2 Å². The maximum atomic E-state index is 13.6. The zero-order valence-corrected chi connectivity index (χ0v) is 9.87. The molecular weight excluding hydrogens is 282 g/mol. The molecule has 1 heterocycles. The summed E-state index contributed by atoms with van der Waals surface area (Å²) in [6.07, 6.45) is 0.532. The summed E-state index contributed by atoms with van der Waals surface area (Å²) < 4.78 is 28.1. The summed E-state index contributed by atoms with van der Waals surface area (Å²) in [6, 6.07) is 2.10. The van der Waals surface area contributed by atoms with Gasteiger partial charge in [-0.15, -0.1) is 5.10 Å². The number of benzene rings is 1. The van der Waals surface area contributed by atoms with Gasteiger partial charge in [-0.25, -0.2) is 8.78 Å². The Labute approximate surface area is 98.4 Å². The molecule has 2 aromatic rings. The highest BCUT2D eigenvalue weighted by molar-refractivity contribution is 9.10. The Morgan fingerprint density at radius 3 is 2.75 bits per heavy atom. The highest BCUT2D eigenvalue weighted by Crippen LogP contribution is 2.22. The SMILES string of the molecule is CCc1nnnn1-c1cc(F)c(Br)cc1F. The molecule has 0 radical (unpaired) electrons. The van der Waals surface area contributed by atoms with Crippen LogP contribution in [-0.2, 0) is 6.42 Å². The normalized spacial score (nSPS) is 10.8. The van der Waals surface area contributed by atoms with Gasteiger partial charge in [0.15, 0.2) is 5.82 Å². The lowest BCUT2D eigenvalue weighted by Crippen LogP contribution is -2.05. The van der Waals surface area contributed by atoms with Crippen LogP contribution in [0.1, 0.15) is 12.7 Å². The molecule has 0 aliphatic rings. The molecule has 1 aromatic carbocycles. The Morgan fingerprint density at radius 2 is 2.06 bits per heavy atom. The second-order valence-corrected chi connectivity index (χ2v) is 3.93. The van der Waals surface area contributed by atoms with E-state index in [1.807, 2.05) is 6.92 Å². The van der Waals surface area contributed by atoms with Crippen LogP contribution in [0.25, 0.3) is 5.69 Å². The maximum absolute atomic E-state index is 13.6. The van der Waals surface area contributed by atoms with Crippen LogP contribution in [0.15, 0.2) is 16.6 Å². The average Bonchev–Trinajstić information content (AvgIpc) is 2.71. The number of hydrogen-bond donors (Lipinski definition) is 0. The van der Waals surface area contributed by atoms with E-state index < -0.39 is 11.6 Å². The van der Waals surface area contributed by atoms with Crippen molar-refractivity contribution in [2.45, 2.75) is 13.3 Å². The first-order valence-corrected chi connectivity index (χ1v) is 5.35. The molecule has 7 heteroatoms. The van der Waals surface area contributed by atoms with Gasteiger partial charge in [-0.1, -0.05) is 6.92 Å². The van der Waals surface area contributed by atoms with Gasteiger partial charge in [-0.3, -0.25) is 0 Å². The smallest absolute Gasteiger partial charge is 0.156 e. The van der Waals surface area contributed by atoms with Gasteiger partial charge in [0, 0.05) is 12.5 Å². The zero-order chi connectivity index (χ0) is 11.7. The van der Waals surface area contributed by atoms with Gasteiger partial charge >= 0.3 is 0 Å².